The summed E-state index contributed by atoms with van der Waals surface area (Å²) in [5.41, 5.74) is 0. The highest BCUT2D eigenvalue weighted by Gasteiger charge is 2.27. The molecule has 0 saturated carbocycles. The van der Waals surface area contributed by atoms with Crippen molar-refractivity contribution in [1.29, 1.82) is 0 Å². The second-order valence-corrected chi connectivity index (χ2v) is 5.31. The summed E-state index contributed by atoms with van der Waals surface area (Å²) in [6, 6.07) is 0.419. The van der Waals surface area contributed by atoms with Crippen molar-refractivity contribution >= 4 is 0 Å². The van der Waals surface area contributed by atoms with Crippen LogP contribution in [0.1, 0.15) is 65.2 Å². The Kier molecular flexibility index (Phi) is 12.3. The summed E-state index contributed by atoms with van der Waals surface area (Å²) >= 11 is 0. The zero-order valence-corrected chi connectivity index (χ0v) is 12.9. The van der Waals surface area contributed by atoms with E-state index in [1.807, 2.05) is 0 Å². The maximum absolute atomic E-state index is 11.9. The Balaban J connectivity index is 3.72. The molecular weight excluding hydrogens is 267 g/mol. The van der Waals surface area contributed by atoms with Crippen molar-refractivity contribution in [2.75, 3.05) is 19.8 Å². The molecule has 5 heteroatoms. The van der Waals surface area contributed by atoms with E-state index in [0.29, 0.717) is 12.6 Å². The maximum atomic E-state index is 11.9. The van der Waals surface area contributed by atoms with Crippen molar-refractivity contribution in [2.24, 2.45) is 0 Å². The van der Waals surface area contributed by atoms with Crippen LogP contribution in [0.25, 0.3) is 0 Å². The summed E-state index contributed by atoms with van der Waals surface area (Å²) in [5.74, 6) is 0. The fourth-order valence-electron chi connectivity index (χ4n) is 2.15. The van der Waals surface area contributed by atoms with E-state index in [2.05, 4.69) is 23.9 Å². The van der Waals surface area contributed by atoms with Gasteiger partial charge >= 0.3 is 6.18 Å². The first-order valence-corrected chi connectivity index (χ1v) is 7.87. The zero-order chi connectivity index (χ0) is 15.3. The highest BCUT2D eigenvalue weighted by atomic mass is 19.4. The van der Waals surface area contributed by atoms with Gasteiger partial charge in [0.15, 0.2) is 0 Å². The standard InChI is InChI=1S/C15H30F3NO/c1-3-5-7-9-14(10-8-6-4-2)19-11-12-20-13-15(16,17)18/h14,19H,3-13H2,1-2H3. The largest absolute Gasteiger partial charge is 0.411 e. The zero-order valence-electron chi connectivity index (χ0n) is 12.9. The van der Waals surface area contributed by atoms with Gasteiger partial charge in [0.1, 0.15) is 6.61 Å². The third kappa shape index (κ3) is 14.1. The van der Waals surface area contributed by atoms with E-state index in [4.69, 9.17) is 0 Å². The van der Waals surface area contributed by atoms with E-state index in [1.54, 1.807) is 0 Å². The SMILES string of the molecule is CCCCCC(CCCCC)NCCOCC(F)(F)F. The van der Waals surface area contributed by atoms with E-state index in [9.17, 15) is 13.2 Å². The summed E-state index contributed by atoms with van der Waals surface area (Å²) in [6.45, 7) is 3.82. The first-order chi connectivity index (χ1) is 9.49. The lowest BCUT2D eigenvalue weighted by Crippen LogP contribution is -2.33. The summed E-state index contributed by atoms with van der Waals surface area (Å²) < 4.78 is 40.3. The van der Waals surface area contributed by atoms with Crippen LogP contribution in [-0.2, 0) is 4.74 Å². The van der Waals surface area contributed by atoms with Crippen LogP contribution in [-0.4, -0.2) is 32.0 Å². The Hall–Kier alpha value is -0.290. The van der Waals surface area contributed by atoms with Gasteiger partial charge < -0.3 is 10.1 Å². The Morgan fingerprint density at radius 3 is 1.95 bits per heavy atom. The normalized spacial score (nSPS) is 12.3. The number of rotatable bonds is 13. The van der Waals surface area contributed by atoms with E-state index >= 15 is 0 Å². The Bertz CT molecular complexity index is 200. The number of unbranched alkanes of at least 4 members (excludes halogenated alkanes) is 4. The van der Waals surface area contributed by atoms with Gasteiger partial charge in [-0.15, -0.1) is 0 Å². The second kappa shape index (κ2) is 12.5. The van der Waals surface area contributed by atoms with Crippen molar-refractivity contribution in [2.45, 2.75) is 77.4 Å². The van der Waals surface area contributed by atoms with E-state index in [-0.39, 0.29) is 6.61 Å². The van der Waals surface area contributed by atoms with Gasteiger partial charge in [-0.05, 0) is 12.8 Å². The van der Waals surface area contributed by atoms with Crippen LogP contribution in [0, 0.1) is 0 Å². The quantitative estimate of drug-likeness (QED) is 0.498. The number of nitrogens with one attached hydrogen (secondary N) is 1. The van der Waals surface area contributed by atoms with E-state index < -0.39 is 12.8 Å². The monoisotopic (exact) mass is 297 g/mol. The molecule has 122 valence electrons. The molecule has 0 heterocycles. The molecule has 0 aromatic rings. The van der Waals surface area contributed by atoms with Crippen LogP contribution in [0.4, 0.5) is 13.2 Å². The van der Waals surface area contributed by atoms with E-state index in [0.717, 1.165) is 12.8 Å². The minimum atomic E-state index is -4.22. The van der Waals surface area contributed by atoms with Gasteiger partial charge in [0.2, 0.25) is 0 Å². The molecule has 0 aromatic heterocycles. The molecule has 2 nitrogen and oxygen atoms in total. The first kappa shape index (κ1) is 19.7. The number of hydrogen-bond donors (Lipinski definition) is 1. The molecule has 0 bridgehead atoms. The third-order valence-corrected chi connectivity index (χ3v) is 3.26. The van der Waals surface area contributed by atoms with Gasteiger partial charge in [-0.1, -0.05) is 52.4 Å². The molecule has 0 saturated heterocycles. The molecular formula is C15H30F3NO. The van der Waals surface area contributed by atoms with Gasteiger partial charge in [0.25, 0.3) is 0 Å². The predicted octanol–water partition coefficient (Wildman–Crippen LogP) is 4.68. The highest BCUT2D eigenvalue weighted by Crippen LogP contribution is 2.14. The molecule has 0 rings (SSSR count). The lowest BCUT2D eigenvalue weighted by Gasteiger charge is -2.19. The van der Waals surface area contributed by atoms with Gasteiger partial charge in [-0.2, -0.15) is 13.2 Å². The van der Waals surface area contributed by atoms with Gasteiger partial charge in [0.05, 0.1) is 6.61 Å². The predicted molar refractivity (Wildman–Crippen MR) is 76.9 cm³/mol. The molecule has 0 radical (unpaired) electrons. The molecule has 0 fully saturated rings. The minimum Gasteiger partial charge on any atom is -0.371 e. The number of ether oxygens (including phenoxy) is 1. The smallest absolute Gasteiger partial charge is 0.371 e. The topological polar surface area (TPSA) is 21.3 Å². The van der Waals surface area contributed by atoms with Crippen LogP contribution in [0.15, 0.2) is 0 Å². The molecule has 0 spiro atoms. The fraction of sp³-hybridized carbons (Fsp3) is 1.00. The van der Waals surface area contributed by atoms with Crippen LogP contribution >= 0.6 is 0 Å². The molecule has 0 aliphatic heterocycles. The summed E-state index contributed by atoms with van der Waals surface area (Å²) in [5, 5.41) is 3.33. The molecule has 0 aliphatic carbocycles. The minimum absolute atomic E-state index is 0.123. The molecule has 1 N–H and O–H groups in total. The van der Waals surface area contributed by atoms with E-state index in [1.165, 1.54) is 38.5 Å². The van der Waals surface area contributed by atoms with Crippen LogP contribution in [0.2, 0.25) is 0 Å². The molecule has 0 aromatic carbocycles. The number of halogens is 3. The van der Waals surface area contributed by atoms with Crippen molar-refractivity contribution < 1.29 is 17.9 Å². The Morgan fingerprint density at radius 1 is 0.950 bits per heavy atom. The van der Waals surface area contributed by atoms with Crippen molar-refractivity contribution in [3.05, 3.63) is 0 Å². The third-order valence-electron chi connectivity index (χ3n) is 3.26. The Morgan fingerprint density at radius 2 is 1.50 bits per heavy atom. The molecule has 0 unspecified atom stereocenters. The average molecular weight is 297 g/mol. The van der Waals surface area contributed by atoms with Gasteiger partial charge in [-0.3, -0.25) is 0 Å². The Labute approximate surface area is 121 Å². The van der Waals surface area contributed by atoms with Crippen LogP contribution in [0.5, 0.6) is 0 Å². The van der Waals surface area contributed by atoms with Gasteiger partial charge in [0, 0.05) is 12.6 Å². The van der Waals surface area contributed by atoms with Crippen LogP contribution in [0.3, 0.4) is 0 Å². The molecule has 0 amide bonds. The first-order valence-electron chi connectivity index (χ1n) is 7.87. The number of alkyl halides is 3. The van der Waals surface area contributed by atoms with Crippen molar-refractivity contribution in [1.82, 2.24) is 5.32 Å². The lowest BCUT2D eigenvalue weighted by molar-refractivity contribution is -0.173. The fourth-order valence-corrected chi connectivity index (χ4v) is 2.15. The summed E-state index contributed by atoms with van der Waals surface area (Å²) in [4.78, 5) is 0. The van der Waals surface area contributed by atoms with Crippen LogP contribution < -0.4 is 5.32 Å². The maximum Gasteiger partial charge on any atom is 0.411 e. The lowest BCUT2D eigenvalue weighted by atomic mass is 10.0. The molecule has 0 aliphatic rings. The van der Waals surface area contributed by atoms with Gasteiger partial charge in [-0.25, -0.2) is 0 Å². The van der Waals surface area contributed by atoms with Crippen molar-refractivity contribution in [3.63, 3.8) is 0 Å². The number of hydrogen-bond acceptors (Lipinski definition) is 2. The van der Waals surface area contributed by atoms with Crippen molar-refractivity contribution in [3.8, 4) is 0 Å². The summed E-state index contributed by atoms with van der Waals surface area (Å²) in [6.07, 6.45) is 5.18. The molecule has 20 heavy (non-hydrogen) atoms. The summed E-state index contributed by atoms with van der Waals surface area (Å²) in [7, 11) is 0. The second-order valence-electron chi connectivity index (χ2n) is 5.31. The average Bonchev–Trinajstić information content (AvgIpc) is 2.37. The molecule has 0 atom stereocenters. The highest BCUT2D eigenvalue weighted by molar-refractivity contribution is 4.67.